The van der Waals surface area contributed by atoms with Crippen molar-refractivity contribution in [2.45, 2.75) is 39.0 Å². The molecule has 0 amide bonds. The van der Waals surface area contributed by atoms with Crippen LogP contribution in [0.2, 0.25) is 0 Å². The summed E-state index contributed by atoms with van der Waals surface area (Å²) in [7, 11) is 0. The SMILES string of the molecule is C[CH]C#CC1CCCCC1. The van der Waals surface area contributed by atoms with Crippen LogP contribution in [-0.2, 0) is 0 Å². The third-order valence-electron chi connectivity index (χ3n) is 2.04. The van der Waals surface area contributed by atoms with Gasteiger partial charge in [-0.2, -0.15) is 0 Å². The lowest BCUT2D eigenvalue weighted by atomic mass is 9.90. The number of hydrogen-bond donors (Lipinski definition) is 0. The lowest BCUT2D eigenvalue weighted by Gasteiger charge is -2.15. The lowest BCUT2D eigenvalue weighted by molar-refractivity contribution is 0.430. The van der Waals surface area contributed by atoms with Crippen molar-refractivity contribution >= 4 is 0 Å². The van der Waals surface area contributed by atoms with Crippen LogP contribution in [0.4, 0.5) is 0 Å². The summed E-state index contributed by atoms with van der Waals surface area (Å²) in [6.45, 7) is 2.00. The second kappa shape index (κ2) is 4.39. The summed E-state index contributed by atoms with van der Waals surface area (Å²) >= 11 is 0. The molecule has 10 heavy (non-hydrogen) atoms. The Morgan fingerprint density at radius 3 is 2.50 bits per heavy atom. The van der Waals surface area contributed by atoms with Crippen LogP contribution < -0.4 is 0 Å². The fraction of sp³-hybridized carbons (Fsp3) is 0.700. The van der Waals surface area contributed by atoms with Crippen molar-refractivity contribution in [3.8, 4) is 11.8 Å². The Morgan fingerprint density at radius 2 is 1.90 bits per heavy atom. The zero-order valence-corrected chi connectivity index (χ0v) is 6.69. The highest BCUT2D eigenvalue weighted by atomic mass is 14.1. The van der Waals surface area contributed by atoms with E-state index in [2.05, 4.69) is 11.8 Å². The molecule has 0 heteroatoms. The third-order valence-corrected chi connectivity index (χ3v) is 2.04. The molecule has 0 bridgehead atoms. The molecule has 55 valence electrons. The van der Waals surface area contributed by atoms with Crippen molar-refractivity contribution in [1.29, 1.82) is 0 Å². The molecule has 0 nitrogen and oxygen atoms in total. The molecule has 1 fully saturated rings. The average molecular weight is 135 g/mol. The second-order valence-corrected chi connectivity index (χ2v) is 2.91. The molecule has 0 N–H and O–H groups in total. The van der Waals surface area contributed by atoms with Gasteiger partial charge in [0.1, 0.15) is 0 Å². The molecule has 0 heterocycles. The molecular weight excluding hydrogens is 120 g/mol. The molecule has 0 aromatic rings. The van der Waals surface area contributed by atoms with E-state index in [0.29, 0.717) is 5.92 Å². The summed E-state index contributed by atoms with van der Waals surface area (Å²) in [5.41, 5.74) is 0. The quantitative estimate of drug-likeness (QED) is 0.448. The van der Waals surface area contributed by atoms with E-state index in [1.807, 2.05) is 13.3 Å². The van der Waals surface area contributed by atoms with Crippen LogP contribution in [0.25, 0.3) is 0 Å². The van der Waals surface area contributed by atoms with E-state index in [0.717, 1.165) is 0 Å². The fourth-order valence-corrected chi connectivity index (χ4v) is 1.45. The summed E-state index contributed by atoms with van der Waals surface area (Å²) in [5.74, 6) is 7.02. The highest BCUT2D eigenvalue weighted by molar-refractivity contribution is 5.11. The van der Waals surface area contributed by atoms with Gasteiger partial charge >= 0.3 is 0 Å². The predicted octanol–water partition coefficient (Wildman–Crippen LogP) is 2.79. The Balaban J connectivity index is 2.25. The minimum atomic E-state index is 0.713. The van der Waals surface area contributed by atoms with Crippen LogP contribution in [0.5, 0.6) is 0 Å². The Bertz CT molecular complexity index is 130. The minimum Gasteiger partial charge on any atom is -0.0996 e. The molecule has 1 radical (unpaired) electrons. The Labute approximate surface area is 64.0 Å². The van der Waals surface area contributed by atoms with E-state index in [1.54, 1.807) is 0 Å². The molecule has 1 saturated carbocycles. The van der Waals surface area contributed by atoms with Gasteiger partial charge in [0.25, 0.3) is 0 Å². The predicted molar refractivity (Wildman–Crippen MR) is 44.3 cm³/mol. The van der Waals surface area contributed by atoms with Crippen molar-refractivity contribution < 1.29 is 0 Å². The van der Waals surface area contributed by atoms with Gasteiger partial charge in [-0.3, -0.25) is 0 Å². The van der Waals surface area contributed by atoms with Crippen LogP contribution in [-0.4, -0.2) is 0 Å². The molecule has 0 saturated heterocycles. The minimum absolute atomic E-state index is 0.713. The molecule has 1 aliphatic rings. The van der Waals surface area contributed by atoms with E-state index in [9.17, 15) is 0 Å². The highest BCUT2D eigenvalue weighted by Gasteiger charge is 2.09. The van der Waals surface area contributed by atoms with E-state index in [4.69, 9.17) is 0 Å². The smallest absolute Gasteiger partial charge is 0.0309 e. The molecule has 0 unspecified atom stereocenters. The van der Waals surface area contributed by atoms with Gasteiger partial charge < -0.3 is 0 Å². The van der Waals surface area contributed by atoms with Crippen LogP contribution in [0.3, 0.4) is 0 Å². The van der Waals surface area contributed by atoms with Gasteiger partial charge in [0, 0.05) is 12.3 Å². The molecule has 1 aliphatic carbocycles. The number of hydrogen-bond acceptors (Lipinski definition) is 0. The molecule has 0 aliphatic heterocycles. The summed E-state index contributed by atoms with van der Waals surface area (Å²) in [6.07, 6.45) is 8.82. The summed E-state index contributed by atoms with van der Waals surface area (Å²) in [6, 6.07) is 0. The molecule has 0 aromatic heterocycles. The monoisotopic (exact) mass is 135 g/mol. The first-order valence-electron chi connectivity index (χ1n) is 4.22. The maximum absolute atomic E-state index is 3.27. The third kappa shape index (κ3) is 2.43. The molecular formula is C10H15. The molecule has 0 spiro atoms. The highest BCUT2D eigenvalue weighted by Crippen LogP contribution is 2.22. The van der Waals surface area contributed by atoms with Gasteiger partial charge in [-0.25, -0.2) is 0 Å². The first-order chi connectivity index (χ1) is 4.93. The van der Waals surface area contributed by atoms with E-state index < -0.39 is 0 Å². The lowest BCUT2D eigenvalue weighted by Crippen LogP contribution is -2.02. The largest absolute Gasteiger partial charge is 0.0996 e. The van der Waals surface area contributed by atoms with Crippen LogP contribution in [0, 0.1) is 24.2 Å². The maximum atomic E-state index is 3.27. The Hall–Kier alpha value is -0.440. The fourth-order valence-electron chi connectivity index (χ4n) is 1.45. The standard InChI is InChI=1S/C10H15/c1-2-3-7-10-8-5-4-6-9-10/h2,10H,4-6,8-9H2,1H3. The van der Waals surface area contributed by atoms with Crippen molar-refractivity contribution in [2.75, 3.05) is 0 Å². The van der Waals surface area contributed by atoms with Gasteiger partial charge in [-0.15, -0.1) is 0 Å². The van der Waals surface area contributed by atoms with Crippen molar-refractivity contribution in [1.82, 2.24) is 0 Å². The van der Waals surface area contributed by atoms with Crippen molar-refractivity contribution in [3.63, 3.8) is 0 Å². The van der Waals surface area contributed by atoms with Gasteiger partial charge in [-0.1, -0.05) is 38.0 Å². The molecule has 1 rings (SSSR count). The van der Waals surface area contributed by atoms with Gasteiger partial charge in [0.05, 0.1) is 0 Å². The van der Waals surface area contributed by atoms with Gasteiger partial charge in [0.2, 0.25) is 0 Å². The van der Waals surface area contributed by atoms with E-state index in [1.165, 1.54) is 32.1 Å². The zero-order chi connectivity index (χ0) is 7.23. The number of rotatable bonds is 0. The van der Waals surface area contributed by atoms with Gasteiger partial charge in [-0.05, 0) is 12.8 Å². The zero-order valence-electron chi connectivity index (χ0n) is 6.69. The molecule has 0 atom stereocenters. The van der Waals surface area contributed by atoms with E-state index in [-0.39, 0.29) is 0 Å². The second-order valence-electron chi connectivity index (χ2n) is 2.91. The molecule has 0 aromatic carbocycles. The van der Waals surface area contributed by atoms with Crippen LogP contribution in [0.15, 0.2) is 0 Å². The van der Waals surface area contributed by atoms with Crippen LogP contribution in [0.1, 0.15) is 39.0 Å². The van der Waals surface area contributed by atoms with Crippen molar-refractivity contribution in [3.05, 3.63) is 6.42 Å². The van der Waals surface area contributed by atoms with E-state index >= 15 is 0 Å². The maximum Gasteiger partial charge on any atom is 0.0309 e. The Morgan fingerprint density at radius 1 is 1.20 bits per heavy atom. The first-order valence-corrected chi connectivity index (χ1v) is 4.22. The van der Waals surface area contributed by atoms with Gasteiger partial charge in [0.15, 0.2) is 0 Å². The summed E-state index contributed by atoms with van der Waals surface area (Å²) in [5, 5.41) is 0. The normalized spacial score (nSPS) is 19.7. The first kappa shape index (κ1) is 7.66. The summed E-state index contributed by atoms with van der Waals surface area (Å²) in [4.78, 5) is 0. The van der Waals surface area contributed by atoms with Crippen molar-refractivity contribution in [2.24, 2.45) is 5.92 Å². The Kier molecular flexibility index (Phi) is 3.36. The topological polar surface area (TPSA) is 0 Å². The van der Waals surface area contributed by atoms with Crippen LogP contribution >= 0.6 is 0 Å². The average Bonchev–Trinajstić information content (AvgIpc) is 2.03. The summed E-state index contributed by atoms with van der Waals surface area (Å²) < 4.78 is 0.